The van der Waals surface area contributed by atoms with Gasteiger partial charge in [-0.25, -0.2) is 0 Å². The van der Waals surface area contributed by atoms with E-state index in [0.717, 1.165) is 17.0 Å². The van der Waals surface area contributed by atoms with Gasteiger partial charge in [0, 0.05) is 23.1 Å². The molecule has 0 saturated carbocycles. The zero-order valence-electron chi connectivity index (χ0n) is 12.7. The third kappa shape index (κ3) is 3.64. The fourth-order valence-electron chi connectivity index (χ4n) is 2.40. The number of aromatic nitrogens is 3. The predicted octanol–water partition coefficient (Wildman–Crippen LogP) is 2.89. The van der Waals surface area contributed by atoms with Gasteiger partial charge in [0.1, 0.15) is 0 Å². The third-order valence-electron chi connectivity index (χ3n) is 3.62. The van der Waals surface area contributed by atoms with E-state index >= 15 is 0 Å². The molecule has 3 rings (SSSR count). The minimum atomic E-state index is -4.51. The molecule has 2 aromatic heterocycles. The lowest BCUT2D eigenvalue weighted by molar-refractivity contribution is -0.137. The number of amides is 1. The zero-order chi connectivity index (χ0) is 18.0. The Morgan fingerprint density at radius 1 is 1.40 bits per heavy atom. The Kier molecular flexibility index (Phi) is 4.73. The van der Waals surface area contributed by atoms with E-state index in [-0.39, 0.29) is 24.1 Å². The predicted molar refractivity (Wildman–Crippen MR) is 85.1 cm³/mol. The number of carbonyl (C=O) groups excluding carboxylic acids is 1. The molecule has 0 saturated heterocycles. The number of rotatable bonds is 5. The summed E-state index contributed by atoms with van der Waals surface area (Å²) in [6, 6.07) is 2.55. The third-order valence-corrected chi connectivity index (χ3v) is 4.51. The number of aromatic amines is 1. The molecule has 1 atom stereocenters. The molecule has 10 heteroatoms. The van der Waals surface area contributed by atoms with E-state index in [9.17, 15) is 18.0 Å². The van der Waals surface area contributed by atoms with Crippen molar-refractivity contribution >= 4 is 28.1 Å². The Labute approximate surface area is 143 Å². The van der Waals surface area contributed by atoms with Gasteiger partial charge in [0.25, 0.3) is 5.91 Å². The Hall–Kier alpha value is -2.46. The first-order valence-corrected chi connectivity index (χ1v) is 8.13. The number of fused-ring (bicyclic) bond motifs is 1. The minimum Gasteiger partial charge on any atom is -0.396 e. The molecule has 1 aromatic carbocycles. The molecule has 132 valence electrons. The molecular formula is C15H13F3N4O2S. The van der Waals surface area contributed by atoms with E-state index in [1.807, 2.05) is 0 Å². The second-order valence-corrected chi connectivity index (χ2v) is 6.19. The molecule has 6 nitrogen and oxygen atoms in total. The maximum absolute atomic E-state index is 12.9. The first-order valence-electron chi connectivity index (χ1n) is 7.25. The van der Waals surface area contributed by atoms with Crippen molar-refractivity contribution in [3.05, 3.63) is 46.0 Å². The lowest BCUT2D eigenvalue weighted by atomic mass is 10.1. The van der Waals surface area contributed by atoms with E-state index in [1.54, 1.807) is 11.7 Å². The fourth-order valence-corrected chi connectivity index (χ4v) is 3.11. The average Bonchev–Trinajstić information content (AvgIpc) is 3.22. The minimum absolute atomic E-state index is 0.0828. The number of carbonyl (C=O) groups is 1. The molecule has 1 amide bonds. The highest BCUT2D eigenvalue weighted by Gasteiger charge is 2.31. The Bertz CT molecular complexity index is 877. The number of hydrogen-bond acceptors (Lipinski definition) is 5. The molecular weight excluding hydrogens is 357 g/mol. The molecule has 0 spiro atoms. The smallest absolute Gasteiger partial charge is 0.396 e. The number of nitrogens with one attached hydrogen (secondary N) is 2. The van der Waals surface area contributed by atoms with Crippen molar-refractivity contribution in [1.29, 1.82) is 0 Å². The Balaban J connectivity index is 1.91. The van der Waals surface area contributed by atoms with Crippen LogP contribution in [-0.4, -0.2) is 32.8 Å². The van der Waals surface area contributed by atoms with Crippen molar-refractivity contribution < 1.29 is 23.1 Å². The maximum Gasteiger partial charge on any atom is 0.416 e. The summed E-state index contributed by atoms with van der Waals surface area (Å²) in [5, 5.41) is 18.3. The monoisotopic (exact) mass is 370 g/mol. The van der Waals surface area contributed by atoms with Gasteiger partial charge in [-0.3, -0.25) is 14.9 Å². The average molecular weight is 370 g/mol. The van der Waals surface area contributed by atoms with Crippen LogP contribution in [0.5, 0.6) is 0 Å². The summed E-state index contributed by atoms with van der Waals surface area (Å²) in [6.45, 7) is -0.164. The van der Waals surface area contributed by atoms with Gasteiger partial charge in [0.2, 0.25) is 0 Å². The van der Waals surface area contributed by atoms with Crippen molar-refractivity contribution in [2.24, 2.45) is 0 Å². The molecule has 0 radical (unpaired) electrons. The number of nitrogens with zero attached hydrogens (tertiary/aromatic N) is 2. The van der Waals surface area contributed by atoms with E-state index in [1.165, 1.54) is 17.4 Å². The van der Waals surface area contributed by atoms with E-state index in [4.69, 9.17) is 5.11 Å². The van der Waals surface area contributed by atoms with E-state index in [2.05, 4.69) is 20.5 Å². The van der Waals surface area contributed by atoms with Crippen LogP contribution in [0.25, 0.3) is 10.9 Å². The lowest BCUT2D eigenvalue weighted by Crippen LogP contribution is -2.29. The second kappa shape index (κ2) is 6.81. The molecule has 0 unspecified atom stereocenters. The number of halogens is 3. The summed E-state index contributed by atoms with van der Waals surface area (Å²) in [7, 11) is 0. The number of aliphatic hydroxyl groups is 1. The Morgan fingerprint density at radius 2 is 2.20 bits per heavy atom. The van der Waals surface area contributed by atoms with Gasteiger partial charge < -0.3 is 10.4 Å². The molecule has 0 fully saturated rings. The summed E-state index contributed by atoms with van der Waals surface area (Å²) < 4.78 is 38.7. The van der Waals surface area contributed by atoms with Crippen LogP contribution < -0.4 is 5.32 Å². The molecule has 3 aromatic rings. The maximum atomic E-state index is 12.9. The van der Waals surface area contributed by atoms with E-state index < -0.39 is 23.7 Å². The highest BCUT2D eigenvalue weighted by Crippen LogP contribution is 2.32. The summed E-state index contributed by atoms with van der Waals surface area (Å²) >= 11 is 1.31. The molecule has 0 aliphatic heterocycles. The van der Waals surface area contributed by atoms with Crippen molar-refractivity contribution in [1.82, 2.24) is 20.5 Å². The van der Waals surface area contributed by atoms with Crippen LogP contribution in [0.15, 0.2) is 29.9 Å². The van der Waals surface area contributed by atoms with Crippen LogP contribution in [0.4, 0.5) is 13.2 Å². The van der Waals surface area contributed by atoms with Crippen molar-refractivity contribution in [2.45, 2.75) is 18.6 Å². The number of alkyl halides is 3. The van der Waals surface area contributed by atoms with Gasteiger partial charge in [0.05, 0.1) is 22.6 Å². The lowest BCUT2D eigenvalue weighted by Gasteiger charge is -2.15. The molecule has 0 aliphatic carbocycles. The SMILES string of the molecule is O=C(N[C@H](CCO)c1cncs1)c1n[nH]c2ccc(C(F)(F)F)cc12. The van der Waals surface area contributed by atoms with Gasteiger partial charge in [-0.2, -0.15) is 18.3 Å². The number of H-pyrrole nitrogens is 1. The van der Waals surface area contributed by atoms with Crippen molar-refractivity contribution in [3.63, 3.8) is 0 Å². The standard InChI is InChI=1S/C15H13F3N4O2S/c16-15(17,18)8-1-2-10-9(5-8)13(22-21-10)14(24)20-11(3-4-23)12-6-19-7-25-12/h1-2,5-7,11,23H,3-4H2,(H,20,24)(H,21,22)/t11-/m1/s1. The molecule has 0 aliphatic rings. The molecule has 2 heterocycles. The number of benzene rings is 1. The topological polar surface area (TPSA) is 90.9 Å². The van der Waals surface area contributed by atoms with Crippen LogP contribution in [0.2, 0.25) is 0 Å². The van der Waals surface area contributed by atoms with Gasteiger partial charge in [-0.1, -0.05) is 0 Å². The van der Waals surface area contributed by atoms with Gasteiger partial charge in [0.15, 0.2) is 5.69 Å². The number of thiazole rings is 1. The Morgan fingerprint density at radius 3 is 2.84 bits per heavy atom. The largest absolute Gasteiger partial charge is 0.416 e. The van der Waals surface area contributed by atoms with Crippen LogP contribution in [0.1, 0.15) is 33.4 Å². The summed E-state index contributed by atoms with van der Waals surface area (Å²) in [4.78, 5) is 17.1. The second-order valence-electron chi connectivity index (χ2n) is 5.27. The molecule has 25 heavy (non-hydrogen) atoms. The van der Waals surface area contributed by atoms with Crippen LogP contribution >= 0.6 is 11.3 Å². The van der Waals surface area contributed by atoms with Crippen molar-refractivity contribution in [2.75, 3.05) is 6.61 Å². The summed E-state index contributed by atoms with van der Waals surface area (Å²) in [6.07, 6.45) is -2.69. The number of aliphatic hydroxyl groups excluding tert-OH is 1. The molecule has 3 N–H and O–H groups in total. The van der Waals surface area contributed by atoms with Gasteiger partial charge in [-0.05, 0) is 24.6 Å². The van der Waals surface area contributed by atoms with Crippen LogP contribution in [-0.2, 0) is 6.18 Å². The first-order chi connectivity index (χ1) is 11.9. The first kappa shape index (κ1) is 17.4. The highest BCUT2D eigenvalue weighted by atomic mass is 32.1. The normalized spacial score (nSPS) is 13.1. The summed E-state index contributed by atoms with van der Waals surface area (Å²) in [5.41, 5.74) is 0.929. The van der Waals surface area contributed by atoms with Gasteiger partial charge >= 0.3 is 6.18 Å². The fraction of sp³-hybridized carbons (Fsp3) is 0.267. The molecule has 0 bridgehead atoms. The highest BCUT2D eigenvalue weighted by molar-refractivity contribution is 7.09. The van der Waals surface area contributed by atoms with Gasteiger partial charge in [-0.15, -0.1) is 11.3 Å². The zero-order valence-corrected chi connectivity index (χ0v) is 13.5. The summed E-state index contributed by atoms with van der Waals surface area (Å²) in [5.74, 6) is -0.627. The number of hydrogen-bond donors (Lipinski definition) is 3. The van der Waals surface area contributed by atoms with Crippen LogP contribution in [0, 0.1) is 0 Å². The van der Waals surface area contributed by atoms with Crippen molar-refractivity contribution in [3.8, 4) is 0 Å². The van der Waals surface area contributed by atoms with E-state index in [0.29, 0.717) is 5.52 Å². The quantitative estimate of drug-likeness (QED) is 0.644. The van der Waals surface area contributed by atoms with Crippen LogP contribution in [0.3, 0.4) is 0 Å².